The Labute approximate surface area is 284 Å². The molecule has 0 N–H and O–H groups in total. The quantitative estimate of drug-likeness (QED) is 0.195. The van der Waals surface area contributed by atoms with Crippen LogP contribution < -0.4 is 0 Å². The van der Waals surface area contributed by atoms with Gasteiger partial charge in [-0.1, -0.05) is 152 Å². The number of nitrogens with zero attached hydrogens (tertiary/aromatic N) is 3. The molecular weight excluding hydrogens is 595 g/mol. The van der Waals surface area contributed by atoms with Crippen LogP contribution in [0.15, 0.2) is 182 Å². The van der Waals surface area contributed by atoms with Gasteiger partial charge in [-0.2, -0.15) is 0 Å². The highest BCUT2D eigenvalue weighted by Crippen LogP contribution is 2.40. The first kappa shape index (κ1) is 27.8. The van der Waals surface area contributed by atoms with E-state index in [1.165, 1.54) is 55.0 Å². The lowest BCUT2D eigenvalue weighted by Crippen LogP contribution is -2.17. The van der Waals surface area contributed by atoms with Crippen molar-refractivity contribution in [3.63, 3.8) is 0 Å². The molecule has 3 heteroatoms. The number of benzene rings is 6. The number of fused-ring (bicyclic) bond motifs is 6. The van der Waals surface area contributed by atoms with Crippen molar-refractivity contribution in [1.29, 1.82) is 0 Å². The molecule has 0 radical (unpaired) electrons. The van der Waals surface area contributed by atoms with E-state index in [1.807, 2.05) is 0 Å². The van der Waals surface area contributed by atoms with Crippen molar-refractivity contribution >= 4 is 43.5 Å². The summed E-state index contributed by atoms with van der Waals surface area (Å²) in [5, 5.41) is 6.06. The third-order valence-electron chi connectivity index (χ3n) is 10.2. The molecule has 0 aliphatic heterocycles. The fourth-order valence-electron chi connectivity index (χ4n) is 7.90. The van der Waals surface area contributed by atoms with E-state index in [9.17, 15) is 0 Å². The highest BCUT2D eigenvalue weighted by Gasteiger charge is 2.27. The molecule has 10 rings (SSSR count). The van der Waals surface area contributed by atoms with E-state index in [1.54, 1.807) is 0 Å². The van der Waals surface area contributed by atoms with E-state index in [0.717, 1.165) is 28.0 Å². The average Bonchev–Trinajstić information content (AvgIpc) is 3.51. The summed E-state index contributed by atoms with van der Waals surface area (Å²) in [5.74, 6) is 1.18. The van der Waals surface area contributed by atoms with Crippen molar-refractivity contribution in [2.75, 3.05) is 0 Å². The van der Waals surface area contributed by atoms with Crippen LogP contribution in [0.5, 0.6) is 0 Å². The van der Waals surface area contributed by atoms with Crippen LogP contribution in [-0.2, 0) is 0 Å². The van der Waals surface area contributed by atoms with Crippen LogP contribution in [-0.4, -0.2) is 14.5 Å². The first-order chi connectivity index (χ1) is 24.3. The van der Waals surface area contributed by atoms with Crippen molar-refractivity contribution in [2.45, 2.75) is 5.92 Å². The molecule has 49 heavy (non-hydrogen) atoms. The van der Waals surface area contributed by atoms with E-state index in [2.05, 4.69) is 181 Å². The predicted molar refractivity (Wildman–Crippen MR) is 204 cm³/mol. The molecule has 0 saturated carbocycles. The van der Waals surface area contributed by atoms with Gasteiger partial charge in [0.25, 0.3) is 0 Å². The fourth-order valence-corrected chi connectivity index (χ4v) is 7.90. The first-order valence-electron chi connectivity index (χ1n) is 16.9. The third kappa shape index (κ3) is 4.43. The second-order valence-corrected chi connectivity index (χ2v) is 12.9. The molecule has 2 atom stereocenters. The van der Waals surface area contributed by atoms with Crippen LogP contribution >= 0.6 is 0 Å². The predicted octanol–water partition coefficient (Wildman–Crippen LogP) is 11.5. The Hall–Kier alpha value is -6.32. The Bertz CT molecular complexity index is 2670. The molecule has 3 nitrogen and oxygen atoms in total. The molecule has 2 unspecified atom stereocenters. The summed E-state index contributed by atoms with van der Waals surface area (Å²) < 4.78 is 2.41. The van der Waals surface area contributed by atoms with Crippen molar-refractivity contribution in [2.24, 2.45) is 5.92 Å². The molecule has 2 aliphatic carbocycles. The van der Waals surface area contributed by atoms with Crippen molar-refractivity contribution < 1.29 is 0 Å². The fraction of sp³-hybridized carbons (Fsp3) is 0.0435. The number of allylic oxidation sites excluding steroid dienone is 8. The van der Waals surface area contributed by atoms with Crippen LogP contribution in [0, 0.1) is 5.92 Å². The Morgan fingerprint density at radius 1 is 0.469 bits per heavy atom. The summed E-state index contributed by atoms with van der Waals surface area (Å²) in [5.41, 5.74) is 10.3. The standard InChI is InChI=1S/C46H31N3/c1-2-14-33-30(12-1)13-11-20-39(33)46-47-41-21-8-5-19-40(41)45(48-46)32-26-24-31(25-27-32)34-28-29-44(36-16-4-3-15-35(34)36)49-42-22-9-6-17-37(42)38-18-7-10-23-43(38)49/h1-29,33,39H. The van der Waals surface area contributed by atoms with Gasteiger partial charge >= 0.3 is 0 Å². The molecule has 2 aromatic heterocycles. The number of hydrogen-bond donors (Lipinski definition) is 0. The minimum atomic E-state index is 0.0863. The second-order valence-electron chi connectivity index (χ2n) is 12.9. The number of aromatic nitrogens is 3. The first-order valence-corrected chi connectivity index (χ1v) is 16.9. The number of rotatable bonds is 4. The molecule has 8 aromatic rings. The Morgan fingerprint density at radius 2 is 1.10 bits per heavy atom. The molecular formula is C46H31N3. The zero-order valence-electron chi connectivity index (χ0n) is 26.7. The van der Waals surface area contributed by atoms with E-state index in [0.29, 0.717) is 0 Å². The second kappa shape index (κ2) is 11.1. The van der Waals surface area contributed by atoms with Crippen molar-refractivity contribution in [3.8, 4) is 28.1 Å². The molecule has 0 spiro atoms. The van der Waals surface area contributed by atoms with Gasteiger partial charge in [0, 0.05) is 38.9 Å². The molecule has 0 saturated heterocycles. The third-order valence-corrected chi connectivity index (χ3v) is 10.2. The summed E-state index contributed by atoms with van der Waals surface area (Å²) in [4.78, 5) is 10.4. The molecule has 2 heterocycles. The number of hydrogen-bond acceptors (Lipinski definition) is 2. The van der Waals surface area contributed by atoms with E-state index >= 15 is 0 Å². The van der Waals surface area contributed by atoms with Crippen molar-refractivity contribution in [1.82, 2.24) is 14.5 Å². The van der Waals surface area contributed by atoms with E-state index < -0.39 is 0 Å². The molecule has 0 amide bonds. The monoisotopic (exact) mass is 625 g/mol. The smallest absolute Gasteiger partial charge is 0.137 e. The normalized spacial score (nSPS) is 16.9. The maximum atomic E-state index is 5.28. The summed E-state index contributed by atoms with van der Waals surface area (Å²) in [6.07, 6.45) is 15.3. The van der Waals surface area contributed by atoms with Crippen LogP contribution in [0.3, 0.4) is 0 Å². The van der Waals surface area contributed by atoms with Gasteiger partial charge < -0.3 is 4.57 Å². The summed E-state index contributed by atoms with van der Waals surface area (Å²) in [6, 6.07) is 48.0. The minimum Gasteiger partial charge on any atom is -0.309 e. The van der Waals surface area contributed by atoms with Gasteiger partial charge in [0.15, 0.2) is 0 Å². The summed E-state index contributed by atoms with van der Waals surface area (Å²) >= 11 is 0. The lowest BCUT2D eigenvalue weighted by molar-refractivity contribution is 0.635. The largest absolute Gasteiger partial charge is 0.309 e. The SMILES string of the molecule is C1=CC2=CC=CC(c3nc(-c4ccc(-c5ccc(-n6c7ccccc7c7ccccc76)c6ccccc56)cc4)c4ccccc4n3)C2C=C1. The van der Waals surface area contributed by atoms with Gasteiger partial charge in [-0.25, -0.2) is 9.97 Å². The minimum absolute atomic E-state index is 0.0863. The molecule has 0 fully saturated rings. The highest BCUT2D eigenvalue weighted by molar-refractivity contribution is 6.11. The maximum absolute atomic E-state index is 5.28. The van der Waals surface area contributed by atoms with Gasteiger partial charge in [-0.15, -0.1) is 0 Å². The van der Waals surface area contributed by atoms with Crippen LogP contribution in [0.4, 0.5) is 0 Å². The van der Waals surface area contributed by atoms with Crippen LogP contribution in [0.1, 0.15) is 11.7 Å². The Balaban J connectivity index is 1.08. The number of para-hydroxylation sites is 3. The van der Waals surface area contributed by atoms with Gasteiger partial charge in [-0.3, -0.25) is 0 Å². The average molecular weight is 626 g/mol. The van der Waals surface area contributed by atoms with Crippen LogP contribution in [0.2, 0.25) is 0 Å². The lowest BCUT2D eigenvalue weighted by atomic mass is 9.79. The maximum Gasteiger partial charge on any atom is 0.137 e. The molecule has 0 bridgehead atoms. The molecule has 230 valence electrons. The molecule has 2 aliphatic rings. The Kier molecular flexibility index (Phi) is 6.31. The van der Waals surface area contributed by atoms with Gasteiger partial charge in [-0.05, 0) is 46.4 Å². The summed E-state index contributed by atoms with van der Waals surface area (Å²) in [7, 11) is 0. The van der Waals surface area contributed by atoms with Crippen LogP contribution in [0.25, 0.3) is 71.6 Å². The molecule has 6 aromatic carbocycles. The topological polar surface area (TPSA) is 30.7 Å². The van der Waals surface area contributed by atoms with Gasteiger partial charge in [0.2, 0.25) is 0 Å². The zero-order valence-corrected chi connectivity index (χ0v) is 26.7. The van der Waals surface area contributed by atoms with E-state index in [4.69, 9.17) is 9.97 Å². The zero-order chi connectivity index (χ0) is 32.3. The summed E-state index contributed by atoms with van der Waals surface area (Å²) in [6.45, 7) is 0. The van der Waals surface area contributed by atoms with Gasteiger partial charge in [0.1, 0.15) is 5.82 Å². The van der Waals surface area contributed by atoms with Gasteiger partial charge in [0.05, 0.1) is 27.9 Å². The van der Waals surface area contributed by atoms with Crippen molar-refractivity contribution in [3.05, 3.63) is 187 Å². The Morgan fingerprint density at radius 3 is 1.88 bits per heavy atom. The lowest BCUT2D eigenvalue weighted by Gasteiger charge is -2.27. The van der Waals surface area contributed by atoms with E-state index in [-0.39, 0.29) is 11.8 Å². The highest BCUT2D eigenvalue weighted by atomic mass is 15.0.